The fourth-order valence-electron chi connectivity index (χ4n) is 2.95. The summed E-state index contributed by atoms with van der Waals surface area (Å²) < 4.78 is 12.1. The summed E-state index contributed by atoms with van der Waals surface area (Å²) in [4.78, 5) is 0. The lowest BCUT2D eigenvalue weighted by molar-refractivity contribution is -0.104. The molecule has 0 spiro atoms. The van der Waals surface area contributed by atoms with Crippen molar-refractivity contribution in [3.8, 4) is 5.75 Å². The molecule has 0 radical (unpaired) electrons. The number of hydrogen-bond acceptors (Lipinski definition) is 3. The van der Waals surface area contributed by atoms with E-state index in [4.69, 9.17) is 9.47 Å². The van der Waals surface area contributed by atoms with E-state index in [2.05, 4.69) is 50.4 Å². The van der Waals surface area contributed by atoms with Crippen molar-refractivity contribution in [3.05, 3.63) is 29.8 Å². The third kappa shape index (κ3) is 3.78. The van der Waals surface area contributed by atoms with Crippen LogP contribution < -0.4 is 10.1 Å². The molecular weight excluding hydrogens is 262 g/mol. The van der Waals surface area contributed by atoms with Crippen LogP contribution in [0.15, 0.2) is 24.3 Å². The van der Waals surface area contributed by atoms with Gasteiger partial charge in [0.25, 0.3) is 0 Å². The van der Waals surface area contributed by atoms with Crippen LogP contribution in [-0.4, -0.2) is 31.4 Å². The van der Waals surface area contributed by atoms with E-state index in [0.29, 0.717) is 12.0 Å². The molecule has 4 atom stereocenters. The minimum Gasteiger partial charge on any atom is -0.487 e. The van der Waals surface area contributed by atoms with E-state index < -0.39 is 0 Å². The van der Waals surface area contributed by atoms with E-state index in [9.17, 15) is 0 Å². The first kappa shape index (κ1) is 16.3. The van der Waals surface area contributed by atoms with Crippen LogP contribution in [0, 0.1) is 0 Å². The van der Waals surface area contributed by atoms with Crippen LogP contribution in [0.2, 0.25) is 0 Å². The van der Waals surface area contributed by atoms with Crippen molar-refractivity contribution in [2.24, 2.45) is 0 Å². The Morgan fingerprint density at radius 2 is 2.00 bits per heavy atom. The minimum absolute atomic E-state index is 0.166. The molecule has 1 N–H and O–H groups in total. The Balaban J connectivity index is 2.05. The SMILES string of the molecule is CCNC1CC(Oc2ccccc2C(C)CC)C1OCC. The number of hydrogen-bond donors (Lipinski definition) is 1. The monoisotopic (exact) mass is 291 g/mol. The molecule has 3 nitrogen and oxygen atoms in total. The molecule has 1 fully saturated rings. The number of para-hydroxylation sites is 1. The third-order valence-corrected chi connectivity index (χ3v) is 4.42. The van der Waals surface area contributed by atoms with Crippen molar-refractivity contribution in [1.29, 1.82) is 0 Å². The lowest BCUT2D eigenvalue weighted by atomic mass is 9.85. The molecule has 0 bridgehead atoms. The summed E-state index contributed by atoms with van der Waals surface area (Å²) in [5.41, 5.74) is 1.31. The van der Waals surface area contributed by atoms with Crippen LogP contribution in [0.25, 0.3) is 0 Å². The summed E-state index contributed by atoms with van der Waals surface area (Å²) in [6, 6.07) is 8.84. The van der Waals surface area contributed by atoms with Crippen molar-refractivity contribution in [2.45, 2.75) is 64.7 Å². The number of ether oxygens (including phenoxy) is 2. The van der Waals surface area contributed by atoms with Gasteiger partial charge in [-0.1, -0.05) is 39.0 Å². The first-order valence-corrected chi connectivity index (χ1v) is 8.31. The Morgan fingerprint density at radius 3 is 2.67 bits per heavy atom. The molecule has 21 heavy (non-hydrogen) atoms. The summed E-state index contributed by atoms with van der Waals surface area (Å²) >= 11 is 0. The highest BCUT2D eigenvalue weighted by Crippen LogP contribution is 2.34. The summed E-state index contributed by atoms with van der Waals surface area (Å²) in [5, 5.41) is 3.48. The molecule has 3 heteroatoms. The largest absolute Gasteiger partial charge is 0.487 e. The zero-order valence-electron chi connectivity index (χ0n) is 13.8. The van der Waals surface area contributed by atoms with E-state index in [1.807, 2.05) is 6.92 Å². The first-order valence-electron chi connectivity index (χ1n) is 8.31. The minimum atomic E-state index is 0.166. The maximum absolute atomic E-state index is 6.28. The second-order valence-corrected chi connectivity index (χ2v) is 5.82. The summed E-state index contributed by atoms with van der Waals surface area (Å²) in [5.74, 6) is 1.55. The van der Waals surface area contributed by atoms with Gasteiger partial charge in [-0.25, -0.2) is 0 Å². The summed E-state index contributed by atoms with van der Waals surface area (Å²) in [7, 11) is 0. The molecule has 1 aliphatic carbocycles. The third-order valence-electron chi connectivity index (χ3n) is 4.42. The zero-order chi connectivity index (χ0) is 15.2. The average molecular weight is 291 g/mol. The van der Waals surface area contributed by atoms with Crippen LogP contribution in [-0.2, 0) is 4.74 Å². The smallest absolute Gasteiger partial charge is 0.128 e. The van der Waals surface area contributed by atoms with Crippen molar-refractivity contribution in [3.63, 3.8) is 0 Å². The zero-order valence-corrected chi connectivity index (χ0v) is 13.8. The van der Waals surface area contributed by atoms with Gasteiger partial charge < -0.3 is 14.8 Å². The van der Waals surface area contributed by atoms with Gasteiger partial charge in [0.15, 0.2) is 0 Å². The predicted molar refractivity (Wildman–Crippen MR) is 87.1 cm³/mol. The second kappa shape index (κ2) is 7.81. The molecule has 1 aromatic carbocycles. The molecule has 0 heterocycles. The number of likely N-dealkylation sites (N-methyl/N-ethyl adjacent to an activating group) is 1. The van der Waals surface area contributed by atoms with Gasteiger partial charge in [-0.2, -0.15) is 0 Å². The molecule has 0 amide bonds. The maximum Gasteiger partial charge on any atom is 0.128 e. The van der Waals surface area contributed by atoms with Gasteiger partial charge in [-0.15, -0.1) is 0 Å². The Bertz CT molecular complexity index is 435. The van der Waals surface area contributed by atoms with Gasteiger partial charge in [0.05, 0.1) is 0 Å². The van der Waals surface area contributed by atoms with Crippen LogP contribution in [0.1, 0.15) is 52.0 Å². The van der Waals surface area contributed by atoms with Crippen LogP contribution in [0.4, 0.5) is 0 Å². The predicted octanol–water partition coefficient (Wildman–Crippen LogP) is 3.73. The highest BCUT2D eigenvalue weighted by molar-refractivity contribution is 5.36. The van der Waals surface area contributed by atoms with E-state index >= 15 is 0 Å². The van der Waals surface area contributed by atoms with Crippen molar-refractivity contribution < 1.29 is 9.47 Å². The summed E-state index contributed by atoms with van der Waals surface area (Å²) in [6.07, 6.45) is 2.48. The molecule has 118 valence electrons. The molecule has 0 aliphatic heterocycles. The van der Waals surface area contributed by atoms with Gasteiger partial charge in [-0.3, -0.25) is 0 Å². The molecule has 1 aromatic rings. The van der Waals surface area contributed by atoms with E-state index in [1.165, 1.54) is 5.56 Å². The van der Waals surface area contributed by atoms with Crippen molar-refractivity contribution in [2.75, 3.05) is 13.2 Å². The van der Waals surface area contributed by atoms with Crippen molar-refractivity contribution in [1.82, 2.24) is 5.32 Å². The highest BCUT2D eigenvalue weighted by Gasteiger charge is 2.43. The Kier molecular flexibility index (Phi) is 6.07. The Morgan fingerprint density at radius 1 is 1.24 bits per heavy atom. The quantitative estimate of drug-likeness (QED) is 0.791. The van der Waals surface area contributed by atoms with E-state index in [1.54, 1.807) is 0 Å². The Hall–Kier alpha value is -1.06. The summed E-state index contributed by atoms with van der Waals surface area (Å²) in [6.45, 7) is 10.4. The first-order chi connectivity index (χ1) is 10.2. The second-order valence-electron chi connectivity index (χ2n) is 5.82. The number of rotatable bonds is 8. The van der Waals surface area contributed by atoms with Gasteiger partial charge in [0.1, 0.15) is 18.0 Å². The molecule has 1 saturated carbocycles. The normalized spacial score (nSPS) is 26.2. The molecule has 1 aliphatic rings. The van der Waals surface area contributed by atoms with Gasteiger partial charge in [0.2, 0.25) is 0 Å². The fourth-order valence-corrected chi connectivity index (χ4v) is 2.95. The van der Waals surface area contributed by atoms with Crippen LogP contribution >= 0.6 is 0 Å². The molecule has 4 unspecified atom stereocenters. The topological polar surface area (TPSA) is 30.5 Å². The van der Waals surface area contributed by atoms with E-state index in [0.717, 1.165) is 31.7 Å². The van der Waals surface area contributed by atoms with Gasteiger partial charge >= 0.3 is 0 Å². The van der Waals surface area contributed by atoms with E-state index in [-0.39, 0.29) is 12.2 Å². The molecule has 0 saturated heterocycles. The maximum atomic E-state index is 6.28. The molecular formula is C18H29NO2. The lowest BCUT2D eigenvalue weighted by Gasteiger charge is -2.44. The van der Waals surface area contributed by atoms with Gasteiger partial charge in [-0.05, 0) is 37.4 Å². The number of nitrogens with one attached hydrogen (secondary N) is 1. The Labute approximate surface area is 129 Å². The van der Waals surface area contributed by atoms with Crippen LogP contribution in [0.3, 0.4) is 0 Å². The fraction of sp³-hybridized carbons (Fsp3) is 0.667. The molecule has 2 rings (SSSR count). The highest BCUT2D eigenvalue weighted by atomic mass is 16.5. The van der Waals surface area contributed by atoms with Gasteiger partial charge in [0, 0.05) is 19.1 Å². The van der Waals surface area contributed by atoms with Crippen LogP contribution in [0.5, 0.6) is 5.75 Å². The average Bonchev–Trinajstić information content (AvgIpc) is 2.51. The number of benzene rings is 1. The standard InChI is InChI=1S/C18H29NO2/c1-5-13(4)14-10-8-9-11-16(14)21-17-12-15(19-6-2)18(17)20-7-3/h8-11,13,15,17-19H,5-7,12H2,1-4H3. The van der Waals surface area contributed by atoms with Crippen molar-refractivity contribution >= 4 is 0 Å². The molecule has 0 aromatic heterocycles. The lowest BCUT2D eigenvalue weighted by Crippen LogP contribution is -2.61.